The number of hydrogen-bond donors (Lipinski definition) is 0. The summed E-state index contributed by atoms with van der Waals surface area (Å²) in [4.78, 5) is 16.7. The van der Waals surface area contributed by atoms with Gasteiger partial charge in [0.05, 0.1) is 6.20 Å². The highest BCUT2D eigenvalue weighted by atomic mass is 32.2. The van der Waals surface area contributed by atoms with Crippen molar-refractivity contribution in [3.63, 3.8) is 0 Å². The van der Waals surface area contributed by atoms with Crippen LogP contribution in [0, 0.1) is 17.6 Å². The number of rotatable bonds is 6. The third-order valence-electron chi connectivity index (χ3n) is 3.11. The Morgan fingerprint density at radius 2 is 2.09 bits per heavy atom. The molecule has 0 aliphatic heterocycles. The maximum absolute atomic E-state index is 13.6. The summed E-state index contributed by atoms with van der Waals surface area (Å²) in [7, 11) is 0. The molecule has 0 amide bonds. The number of nitrogens with zero attached hydrogens (tertiary/aromatic N) is 2. The van der Waals surface area contributed by atoms with Crippen LogP contribution in [0.25, 0.3) is 0 Å². The largest absolute Gasteiger partial charge is 0.482 e. The number of benzene rings is 1. The van der Waals surface area contributed by atoms with E-state index >= 15 is 0 Å². The van der Waals surface area contributed by atoms with E-state index in [0.717, 1.165) is 12.1 Å². The van der Waals surface area contributed by atoms with Crippen molar-refractivity contribution < 1.29 is 13.5 Å². The molecular formula is C16H18F2N2O2S. The van der Waals surface area contributed by atoms with Crippen LogP contribution in [-0.4, -0.2) is 15.8 Å². The van der Waals surface area contributed by atoms with Gasteiger partial charge in [0.1, 0.15) is 18.2 Å². The second-order valence-corrected chi connectivity index (χ2v) is 6.22. The summed E-state index contributed by atoms with van der Waals surface area (Å²) < 4.78 is 33.4. The van der Waals surface area contributed by atoms with Crippen LogP contribution in [0.2, 0.25) is 0 Å². The van der Waals surface area contributed by atoms with Crippen LogP contribution in [0.1, 0.15) is 19.4 Å². The van der Waals surface area contributed by atoms with E-state index in [2.05, 4.69) is 4.98 Å². The molecular weight excluding hydrogens is 322 g/mol. The van der Waals surface area contributed by atoms with Crippen molar-refractivity contribution in [2.45, 2.75) is 32.2 Å². The van der Waals surface area contributed by atoms with E-state index in [1.807, 2.05) is 20.1 Å². The molecule has 0 saturated carbocycles. The Bertz CT molecular complexity index is 747. The lowest BCUT2D eigenvalue weighted by molar-refractivity contribution is 0.287. The Hall–Kier alpha value is -1.89. The molecule has 0 unspecified atom stereocenters. The van der Waals surface area contributed by atoms with Gasteiger partial charge in [0, 0.05) is 18.2 Å². The topological polar surface area (TPSA) is 44.1 Å². The fourth-order valence-electron chi connectivity index (χ4n) is 2.04. The van der Waals surface area contributed by atoms with Crippen LogP contribution in [0.4, 0.5) is 8.78 Å². The Morgan fingerprint density at radius 3 is 2.70 bits per heavy atom. The van der Waals surface area contributed by atoms with Crippen LogP contribution in [0.15, 0.2) is 34.3 Å². The molecule has 0 atom stereocenters. The summed E-state index contributed by atoms with van der Waals surface area (Å²) in [6.07, 6.45) is 3.18. The SMILES string of the molecule is CSc1ncc(OCc2ccc(F)cc2F)c(=O)n1CC(C)C. The van der Waals surface area contributed by atoms with Gasteiger partial charge in [0.2, 0.25) is 5.75 Å². The minimum absolute atomic E-state index is 0.0483. The second-order valence-electron chi connectivity index (χ2n) is 5.44. The first-order valence-electron chi connectivity index (χ1n) is 7.13. The van der Waals surface area contributed by atoms with Crippen LogP contribution >= 0.6 is 11.8 Å². The number of aromatic nitrogens is 2. The highest BCUT2D eigenvalue weighted by Crippen LogP contribution is 2.16. The van der Waals surface area contributed by atoms with E-state index in [-0.39, 0.29) is 29.4 Å². The second kappa shape index (κ2) is 7.59. The molecule has 0 spiro atoms. The first-order chi connectivity index (χ1) is 10.9. The predicted molar refractivity (Wildman–Crippen MR) is 85.8 cm³/mol. The average molecular weight is 340 g/mol. The van der Waals surface area contributed by atoms with Crippen molar-refractivity contribution >= 4 is 11.8 Å². The van der Waals surface area contributed by atoms with Gasteiger partial charge in [-0.2, -0.15) is 0 Å². The maximum atomic E-state index is 13.6. The van der Waals surface area contributed by atoms with Crippen molar-refractivity contribution in [1.82, 2.24) is 9.55 Å². The minimum Gasteiger partial charge on any atom is -0.482 e. The molecule has 7 heteroatoms. The molecule has 1 aromatic carbocycles. The molecule has 4 nitrogen and oxygen atoms in total. The van der Waals surface area contributed by atoms with Crippen LogP contribution < -0.4 is 10.3 Å². The average Bonchev–Trinajstić information content (AvgIpc) is 2.49. The number of ether oxygens (including phenoxy) is 1. The van der Waals surface area contributed by atoms with Gasteiger partial charge in [-0.15, -0.1) is 0 Å². The fraction of sp³-hybridized carbons (Fsp3) is 0.375. The van der Waals surface area contributed by atoms with Crippen LogP contribution in [0.3, 0.4) is 0 Å². The van der Waals surface area contributed by atoms with E-state index in [1.54, 1.807) is 4.57 Å². The highest BCUT2D eigenvalue weighted by Gasteiger charge is 2.13. The Balaban J connectivity index is 2.24. The first-order valence-corrected chi connectivity index (χ1v) is 8.35. The van der Waals surface area contributed by atoms with Crippen molar-refractivity contribution in [3.05, 3.63) is 51.9 Å². The van der Waals surface area contributed by atoms with E-state index in [0.29, 0.717) is 11.7 Å². The Kier molecular flexibility index (Phi) is 5.76. The van der Waals surface area contributed by atoms with E-state index in [1.165, 1.54) is 24.0 Å². The van der Waals surface area contributed by atoms with Gasteiger partial charge in [0.15, 0.2) is 5.16 Å². The van der Waals surface area contributed by atoms with Gasteiger partial charge >= 0.3 is 0 Å². The summed E-state index contributed by atoms with van der Waals surface area (Å²) in [6.45, 7) is 4.35. The zero-order chi connectivity index (χ0) is 17.0. The van der Waals surface area contributed by atoms with Crippen LogP contribution in [-0.2, 0) is 13.2 Å². The van der Waals surface area contributed by atoms with Crippen molar-refractivity contribution in [2.24, 2.45) is 5.92 Å². The summed E-state index contributed by atoms with van der Waals surface area (Å²) in [5.74, 6) is -1.05. The smallest absolute Gasteiger partial charge is 0.296 e. The molecule has 0 saturated heterocycles. The third kappa shape index (κ3) is 4.31. The fourth-order valence-corrected chi connectivity index (χ4v) is 2.58. The maximum Gasteiger partial charge on any atom is 0.296 e. The molecule has 2 rings (SSSR count). The predicted octanol–water partition coefficient (Wildman–Crippen LogP) is 3.48. The van der Waals surface area contributed by atoms with E-state index in [4.69, 9.17) is 4.74 Å². The molecule has 124 valence electrons. The zero-order valence-electron chi connectivity index (χ0n) is 13.2. The summed E-state index contributed by atoms with van der Waals surface area (Å²) in [5.41, 5.74) is -0.129. The quantitative estimate of drug-likeness (QED) is 0.596. The molecule has 2 aromatic rings. The molecule has 23 heavy (non-hydrogen) atoms. The van der Waals surface area contributed by atoms with Gasteiger partial charge in [-0.25, -0.2) is 13.8 Å². The van der Waals surface area contributed by atoms with Gasteiger partial charge in [-0.3, -0.25) is 9.36 Å². The molecule has 0 aliphatic rings. The van der Waals surface area contributed by atoms with Gasteiger partial charge < -0.3 is 4.74 Å². The molecule has 1 heterocycles. The molecule has 0 aliphatic carbocycles. The summed E-state index contributed by atoms with van der Waals surface area (Å²) in [5, 5.41) is 0.601. The van der Waals surface area contributed by atoms with Crippen molar-refractivity contribution in [2.75, 3.05) is 6.26 Å². The zero-order valence-corrected chi connectivity index (χ0v) is 14.0. The lowest BCUT2D eigenvalue weighted by atomic mass is 10.2. The van der Waals surface area contributed by atoms with E-state index in [9.17, 15) is 13.6 Å². The summed E-state index contributed by atoms with van der Waals surface area (Å²) >= 11 is 1.37. The molecule has 0 bridgehead atoms. The molecule has 0 radical (unpaired) electrons. The van der Waals surface area contributed by atoms with E-state index < -0.39 is 11.6 Å². The molecule has 0 fully saturated rings. The van der Waals surface area contributed by atoms with Crippen molar-refractivity contribution in [1.29, 1.82) is 0 Å². The lowest BCUT2D eigenvalue weighted by Gasteiger charge is -2.14. The Labute approximate surface area is 137 Å². The molecule has 1 aromatic heterocycles. The van der Waals surface area contributed by atoms with Crippen LogP contribution in [0.5, 0.6) is 5.75 Å². The monoisotopic (exact) mass is 340 g/mol. The number of halogens is 2. The first kappa shape index (κ1) is 17.5. The normalized spacial score (nSPS) is 11.0. The van der Waals surface area contributed by atoms with Crippen molar-refractivity contribution in [3.8, 4) is 5.75 Å². The standard InChI is InChI=1S/C16H18F2N2O2S/c1-10(2)8-20-15(21)14(7-19-16(20)23-3)22-9-11-4-5-12(17)6-13(11)18/h4-7,10H,8-9H2,1-3H3. The number of hydrogen-bond acceptors (Lipinski definition) is 4. The highest BCUT2D eigenvalue weighted by molar-refractivity contribution is 7.98. The third-order valence-corrected chi connectivity index (χ3v) is 3.80. The molecule has 0 N–H and O–H groups in total. The Morgan fingerprint density at radius 1 is 1.35 bits per heavy atom. The lowest BCUT2D eigenvalue weighted by Crippen LogP contribution is -2.26. The van der Waals surface area contributed by atoms with Gasteiger partial charge in [-0.1, -0.05) is 25.6 Å². The van der Waals surface area contributed by atoms with Gasteiger partial charge in [0.25, 0.3) is 5.56 Å². The number of thioether (sulfide) groups is 1. The van der Waals surface area contributed by atoms with Gasteiger partial charge in [-0.05, 0) is 24.3 Å². The minimum atomic E-state index is -0.707. The summed E-state index contributed by atoms with van der Waals surface area (Å²) in [6, 6.07) is 3.22.